The lowest BCUT2D eigenvalue weighted by atomic mass is 10.2. The van der Waals surface area contributed by atoms with E-state index in [-0.39, 0.29) is 0 Å². The Morgan fingerprint density at radius 2 is 1.25 bits per heavy atom. The minimum Gasteiger partial charge on any atom is -0.435 e. The van der Waals surface area contributed by atoms with Gasteiger partial charge in [-0.3, -0.25) is 20.2 Å². The summed E-state index contributed by atoms with van der Waals surface area (Å²) in [5.74, 6) is -1.40. The molecule has 0 saturated carbocycles. The van der Waals surface area contributed by atoms with Crippen LogP contribution in [0.1, 0.15) is 0 Å². The van der Waals surface area contributed by atoms with Crippen molar-refractivity contribution in [2.45, 2.75) is 10.6 Å². The van der Waals surface area contributed by atoms with Gasteiger partial charge in [-0.2, -0.15) is 8.78 Å². The fourth-order valence-electron chi connectivity index (χ4n) is 1.39. The zero-order valence-electron chi connectivity index (χ0n) is 9.01. The van der Waals surface area contributed by atoms with Gasteiger partial charge in [0.15, 0.2) is 11.5 Å². The van der Waals surface area contributed by atoms with E-state index >= 15 is 0 Å². The van der Waals surface area contributed by atoms with E-state index in [9.17, 15) is 29.0 Å². The molecule has 0 saturated heterocycles. The van der Waals surface area contributed by atoms with Gasteiger partial charge in [0.1, 0.15) is 0 Å². The second kappa shape index (κ2) is 4.28. The average molecular weight is 331 g/mol. The summed E-state index contributed by atoms with van der Waals surface area (Å²) >= 11 is 10.0. The van der Waals surface area contributed by atoms with Gasteiger partial charge in [0.05, 0.1) is 22.0 Å². The van der Waals surface area contributed by atoms with E-state index in [1.54, 1.807) is 0 Å². The number of halogens is 4. The van der Waals surface area contributed by atoms with Crippen LogP contribution in [0.2, 0.25) is 0 Å². The molecule has 1 aromatic carbocycles. The SMILES string of the molecule is O=[N+]([O-])c1cc2c(cc1[N+](=O)[O-])OC(F)(Cl)C(F)(Cl)O2. The Morgan fingerprint density at radius 3 is 1.50 bits per heavy atom. The lowest BCUT2D eigenvalue weighted by molar-refractivity contribution is -0.422. The third-order valence-electron chi connectivity index (χ3n) is 2.25. The van der Waals surface area contributed by atoms with Gasteiger partial charge < -0.3 is 9.47 Å². The Morgan fingerprint density at radius 1 is 0.950 bits per heavy atom. The molecule has 0 N–H and O–H groups in total. The molecular weight excluding hydrogens is 329 g/mol. The standard InChI is InChI=1S/C8H2Cl2F2N2O6/c9-7(11)8(10,12)20-6-2-4(14(17)18)3(13(15)16)1-5(6)19-7/h1-2H. The highest BCUT2D eigenvalue weighted by atomic mass is 35.5. The fraction of sp³-hybridized carbons (Fsp3) is 0.250. The summed E-state index contributed by atoms with van der Waals surface area (Å²) in [6.45, 7) is 0. The van der Waals surface area contributed by atoms with E-state index in [2.05, 4.69) is 9.47 Å². The Kier molecular flexibility index (Phi) is 3.10. The molecule has 0 radical (unpaired) electrons. The van der Waals surface area contributed by atoms with Gasteiger partial charge in [-0.05, 0) is 23.2 Å². The minimum atomic E-state index is -3.66. The number of alkyl halides is 4. The zero-order valence-corrected chi connectivity index (χ0v) is 10.5. The van der Waals surface area contributed by atoms with E-state index in [1.165, 1.54) is 0 Å². The maximum atomic E-state index is 13.5. The van der Waals surface area contributed by atoms with Gasteiger partial charge in [-0.15, -0.1) is 0 Å². The smallest absolute Gasteiger partial charge is 0.414 e. The number of rotatable bonds is 2. The first kappa shape index (κ1) is 14.5. The van der Waals surface area contributed by atoms with Crippen LogP contribution < -0.4 is 9.47 Å². The predicted molar refractivity (Wildman–Crippen MR) is 60.4 cm³/mol. The first-order valence-corrected chi connectivity index (χ1v) is 5.41. The minimum absolute atomic E-state index is 0.482. The van der Waals surface area contributed by atoms with Crippen molar-refractivity contribution in [3.05, 3.63) is 32.4 Å². The third-order valence-corrected chi connectivity index (χ3v) is 2.99. The van der Waals surface area contributed by atoms with Crippen LogP contribution in [0.5, 0.6) is 11.5 Å². The third kappa shape index (κ3) is 2.16. The molecule has 0 aliphatic carbocycles. The number of hydrogen-bond acceptors (Lipinski definition) is 6. The number of nitrogens with zero attached hydrogens (tertiary/aromatic N) is 2. The molecule has 1 aromatic rings. The van der Waals surface area contributed by atoms with Crippen molar-refractivity contribution in [3.8, 4) is 11.5 Å². The lowest BCUT2D eigenvalue weighted by Crippen LogP contribution is -2.50. The average Bonchev–Trinajstić information content (AvgIpc) is 2.27. The molecule has 0 aromatic heterocycles. The molecule has 0 amide bonds. The Labute approximate surface area is 118 Å². The summed E-state index contributed by atoms with van der Waals surface area (Å²) in [6.07, 6.45) is 0. The van der Waals surface area contributed by atoms with Crippen molar-refractivity contribution in [3.63, 3.8) is 0 Å². The van der Waals surface area contributed by atoms with Gasteiger partial charge in [-0.25, -0.2) is 0 Å². The van der Waals surface area contributed by atoms with Crippen molar-refractivity contribution in [1.29, 1.82) is 0 Å². The number of benzene rings is 1. The summed E-state index contributed by atoms with van der Waals surface area (Å²) in [4.78, 5) is 19.2. The fourth-order valence-corrected chi connectivity index (χ4v) is 1.63. The summed E-state index contributed by atoms with van der Waals surface area (Å²) in [7, 11) is 0. The predicted octanol–water partition coefficient (Wildman–Crippen LogP) is 3.00. The molecular formula is C8H2Cl2F2N2O6. The maximum absolute atomic E-state index is 13.5. The molecule has 20 heavy (non-hydrogen) atoms. The van der Waals surface area contributed by atoms with Crippen LogP contribution in [-0.4, -0.2) is 20.5 Å². The largest absolute Gasteiger partial charge is 0.435 e. The van der Waals surface area contributed by atoms with E-state index < -0.39 is 43.3 Å². The van der Waals surface area contributed by atoms with Crippen LogP contribution in [0.4, 0.5) is 20.2 Å². The number of ether oxygens (including phenoxy) is 2. The van der Waals surface area contributed by atoms with Crippen molar-refractivity contribution >= 4 is 34.6 Å². The van der Waals surface area contributed by atoms with Gasteiger partial charge in [0.2, 0.25) is 0 Å². The molecule has 8 nitrogen and oxygen atoms in total. The van der Waals surface area contributed by atoms with Crippen molar-refractivity contribution in [2.24, 2.45) is 0 Å². The van der Waals surface area contributed by atoms with Gasteiger partial charge >= 0.3 is 22.0 Å². The quantitative estimate of drug-likeness (QED) is 0.469. The van der Waals surface area contributed by atoms with E-state index in [4.69, 9.17) is 23.2 Å². The molecule has 2 atom stereocenters. The molecule has 12 heteroatoms. The second-order valence-corrected chi connectivity index (χ2v) is 4.51. The molecule has 0 spiro atoms. The molecule has 0 fully saturated rings. The summed E-state index contributed by atoms with van der Waals surface area (Å²) in [6, 6.07) is 0.965. The summed E-state index contributed by atoms with van der Waals surface area (Å²) in [5, 5.41) is 14.0. The van der Waals surface area contributed by atoms with E-state index in [0.29, 0.717) is 12.1 Å². The molecule has 1 aliphatic rings. The Hall–Kier alpha value is -1.94. The number of hydrogen-bond donors (Lipinski definition) is 0. The normalized spacial score (nSPS) is 28.0. The van der Waals surface area contributed by atoms with Crippen LogP contribution in [0.15, 0.2) is 12.1 Å². The van der Waals surface area contributed by atoms with E-state index in [0.717, 1.165) is 0 Å². The van der Waals surface area contributed by atoms with Crippen LogP contribution in [-0.2, 0) is 0 Å². The molecule has 2 unspecified atom stereocenters. The number of nitro benzene ring substituents is 2. The highest BCUT2D eigenvalue weighted by Crippen LogP contribution is 2.51. The Balaban J connectivity index is 2.63. The molecule has 2 rings (SSSR count). The van der Waals surface area contributed by atoms with Crippen LogP contribution in [0, 0.1) is 20.2 Å². The van der Waals surface area contributed by atoms with Crippen molar-refractivity contribution in [2.75, 3.05) is 0 Å². The highest BCUT2D eigenvalue weighted by molar-refractivity contribution is 6.32. The Bertz CT molecular complexity index is 570. The maximum Gasteiger partial charge on any atom is 0.414 e. The summed E-state index contributed by atoms with van der Waals surface area (Å²) < 4.78 is 35.7. The molecule has 0 bridgehead atoms. The van der Waals surface area contributed by atoms with Crippen molar-refractivity contribution < 1.29 is 28.1 Å². The van der Waals surface area contributed by atoms with Crippen LogP contribution >= 0.6 is 23.2 Å². The van der Waals surface area contributed by atoms with Crippen LogP contribution in [0.25, 0.3) is 0 Å². The highest BCUT2D eigenvalue weighted by Gasteiger charge is 2.61. The monoisotopic (exact) mass is 330 g/mol. The first-order valence-electron chi connectivity index (χ1n) is 4.65. The zero-order chi connectivity index (χ0) is 15.3. The molecule has 1 heterocycles. The molecule has 1 aliphatic heterocycles. The van der Waals surface area contributed by atoms with Crippen molar-refractivity contribution in [1.82, 2.24) is 0 Å². The summed E-state index contributed by atoms with van der Waals surface area (Å²) in [5.41, 5.74) is -2.02. The molecule has 108 valence electrons. The van der Waals surface area contributed by atoms with Gasteiger partial charge in [0.25, 0.3) is 0 Å². The first-order chi connectivity index (χ1) is 9.05. The topological polar surface area (TPSA) is 105 Å². The van der Waals surface area contributed by atoms with Gasteiger partial charge in [0, 0.05) is 0 Å². The lowest BCUT2D eigenvalue weighted by Gasteiger charge is -2.34. The van der Waals surface area contributed by atoms with Gasteiger partial charge in [-0.1, -0.05) is 0 Å². The second-order valence-electron chi connectivity index (χ2n) is 3.54. The number of fused-ring (bicyclic) bond motifs is 1. The van der Waals surface area contributed by atoms with E-state index in [1.807, 2.05) is 0 Å². The number of nitro groups is 2. The van der Waals surface area contributed by atoms with Crippen LogP contribution in [0.3, 0.4) is 0 Å².